The van der Waals surface area contributed by atoms with E-state index in [9.17, 15) is 18.0 Å². The molecule has 0 bridgehead atoms. The van der Waals surface area contributed by atoms with Crippen molar-refractivity contribution in [2.75, 3.05) is 26.7 Å². The molecule has 1 rings (SSSR count). The highest BCUT2D eigenvalue weighted by molar-refractivity contribution is 5.74. The summed E-state index contributed by atoms with van der Waals surface area (Å²) >= 11 is 0. The standard InChI is InChI=1S/C8H13F3N2O2/c1-15-6-2-3-13(4-6)7(14)12-5-8(9,10)11/h6H,2-5H2,1H3,(H,12,14). The largest absolute Gasteiger partial charge is 0.405 e. The Morgan fingerprint density at radius 3 is 2.73 bits per heavy atom. The van der Waals surface area contributed by atoms with E-state index in [0.717, 1.165) is 0 Å². The van der Waals surface area contributed by atoms with Crippen LogP contribution in [0.5, 0.6) is 0 Å². The maximum atomic E-state index is 11.8. The van der Waals surface area contributed by atoms with Gasteiger partial charge in [0.15, 0.2) is 0 Å². The summed E-state index contributed by atoms with van der Waals surface area (Å²) < 4.78 is 40.4. The van der Waals surface area contributed by atoms with Crippen molar-refractivity contribution in [3.8, 4) is 0 Å². The summed E-state index contributed by atoms with van der Waals surface area (Å²) in [6, 6.07) is -0.688. The number of amides is 2. The molecule has 7 heteroatoms. The molecule has 0 aliphatic carbocycles. The topological polar surface area (TPSA) is 41.6 Å². The van der Waals surface area contributed by atoms with Gasteiger partial charge in [0.25, 0.3) is 0 Å². The van der Waals surface area contributed by atoms with Gasteiger partial charge in [-0.15, -0.1) is 0 Å². The van der Waals surface area contributed by atoms with E-state index < -0.39 is 18.8 Å². The first-order valence-corrected chi connectivity index (χ1v) is 4.54. The predicted molar refractivity (Wildman–Crippen MR) is 46.4 cm³/mol. The normalized spacial score (nSPS) is 21.9. The lowest BCUT2D eigenvalue weighted by molar-refractivity contribution is -0.123. The molecule has 0 saturated carbocycles. The Morgan fingerprint density at radius 1 is 1.60 bits per heavy atom. The van der Waals surface area contributed by atoms with Gasteiger partial charge in [0.1, 0.15) is 6.54 Å². The van der Waals surface area contributed by atoms with Gasteiger partial charge in [-0.2, -0.15) is 13.2 Å². The highest BCUT2D eigenvalue weighted by Gasteiger charge is 2.31. The third kappa shape index (κ3) is 3.94. The van der Waals surface area contributed by atoms with E-state index in [1.807, 2.05) is 5.32 Å². The van der Waals surface area contributed by atoms with Crippen LogP contribution in [0.3, 0.4) is 0 Å². The Balaban J connectivity index is 2.30. The fraction of sp³-hybridized carbons (Fsp3) is 0.875. The second-order valence-electron chi connectivity index (χ2n) is 3.37. The van der Waals surface area contributed by atoms with E-state index >= 15 is 0 Å². The van der Waals surface area contributed by atoms with E-state index in [-0.39, 0.29) is 6.10 Å². The molecule has 1 aliphatic rings. The van der Waals surface area contributed by atoms with Gasteiger partial charge in [-0.3, -0.25) is 0 Å². The molecule has 0 spiro atoms. The molecule has 0 aromatic rings. The number of alkyl halides is 3. The first-order chi connectivity index (χ1) is 6.92. The lowest BCUT2D eigenvalue weighted by Crippen LogP contribution is -2.43. The van der Waals surface area contributed by atoms with Gasteiger partial charge < -0.3 is 15.0 Å². The molecule has 1 heterocycles. The first kappa shape index (κ1) is 12.1. The molecule has 0 radical (unpaired) electrons. The quantitative estimate of drug-likeness (QED) is 0.762. The average molecular weight is 226 g/mol. The number of urea groups is 1. The van der Waals surface area contributed by atoms with E-state index in [4.69, 9.17) is 4.74 Å². The lowest BCUT2D eigenvalue weighted by atomic mass is 10.3. The second kappa shape index (κ2) is 4.69. The molecule has 0 aromatic carbocycles. The molecule has 15 heavy (non-hydrogen) atoms. The third-order valence-corrected chi connectivity index (χ3v) is 2.21. The fourth-order valence-corrected chi connectivity index (χ4v) is 1.39. The Hall–Kier alpha value is -0.980. The van der Waals surface area contributed by atoms with Crippen molar-refractivity contribution in [3.63, 3.8) is 0 Å². The summed E-state index contributed by atoms with van der Waals surface area (Å²) in [5, 5.41) is 1.82. The number of hydrogen-bond donors (Lipinski definition) is 1. The maximum Gasteiger partial charge on any atom is 0.405 e. The van der Waals surface area contributed by atoms with Gasteiger partial charge in [-0.25, -0.2) is 4.79 Å². The zero-order chi connectivity index (χ0) is 11.5. The van der Waals surface area contributed by atoms with Crippen LogP contribution in [0.4, 0.5) is 18.0 Å². The number of halogens is 3. The summed E-state index contributed by atoms with van der Waals surface area (Å²) in [6.07, 6.45) is -3.77. The zero-order valence-corrected chi connectivity index (χ0v) is 8.30. The maximum absolute atomic E-state index is 11.8. The van der Waals surface area contributed by atoms with Gasteiger partial charge in [-0.1, -0.05) is 0 Å². The van der Waals surface area contributed by atoms with Crippen molar-refractivity contribution in [1.29, 1.82) is 0 Å². The predicted octanol–water partition coefficient (Wildman–Crippen LogP) is 0.979. The van der Waals surface area contributed by atoms with Crippen LogP contribution in [-0.4, -0.2) is 50.0 Å². The number of rotatable bonds is 2. The van der Waals surface area contributed by atoms with Gasteiger partial charge in [0.2, 0.25) is 0 Å². The molecule has 1 saturated heterocycles. The molecule has 0 aromatic heterocycles. The smallest absolute Gasteiger partial charge is 0.380 e. The Bertz CT molecular complexity index is 232. The molecule has 88 valence electrons. The average Bonchev–Trinajstić information content (AvgIpc) is 2.61. The molecular weight excluding hydrogens is 213 g/mol. The van der Waals surface area contributed by atoms with E-state index in [1.165, 1.54) is 12.0 Å². The Kier molecular flexibility index (Phi) is 3.78. The minimum absolute atomic E-state index is 0.0679. The fourth-order valence-electron chi connectivity index (χ4n) is 1.39. The van der Waals surface area contributed by atoms with Gasteiger partial charge >= 0.3 is 12.2 Å². The minimum Gasteiger partial charge on any atom is -0.380 e. The van der Waals surface area contributed by atoms with Crippen molar-refractivity contribution >= 4 is 6.03 Å². The number of hydrogen-bond acceptors (Lipinski definition) is 2. The van der Waals surface area contributed by atoms with E-state index in [1.54, 1.807) is 0 Å². The van der Waals surface area contributed by atoms with Gasteiger partial charge in [0.05, 0.1) is 6.10 Å². The molecule has 4 nitrogen and oxygen atoms in total. The van der Waals surface area contributed by atoms with Gasteiger partial charge in [-0.05, 0) is 6.42 Å². The number of nitrogens with zero attached hydrogens (tertiary/aromatic N) is 1. The molecule has 1 fully saturated rings. The number of carbonyl (C=O) groups is 1. The summed E-state index contributed by atoms with van der Waals surface area (Å²) in [4.78, 5) is 12.5. The van der Waals surface area contributed by atoms with Crippen molar-refractivity contribution < 1.29 is 22.7 Å². The monoisotopic (exact) mass is 226 g/mol. The van der Waals surface area contributed by atoms with Crippen LogP contribution >= 0.6 is 0 Å². The van der Waals surface area contributed by atoms with Crippen molar-refractivity contribution in [2.45, 2.75) is 18.7 Å². The summed E-state index contributed by atoms with van der Waals surface area (Å²) in [5.74, 6) is 0. The second-order valence-corrected chi connectivity index (χ2v) is 3.37. The van der Waals surface area contributed by atoms with Crippen molar-refractivity contribution in [2.24, 2.45) is 0 Å². The molecule has 1 N–H and O–H groups in total. The third-order valence-electron chi connectivity index (χ3n) is 2.21. The summed E-state index contributed by atoms with van der Waals surface area (Å²) in [7, 11) is 1.52. The van der Waals surface area contributed by atoms with Crippen LogP contribution in [0.1, 0.15) is 6.42 Å². The highest BCUT2D eigenvalue weighted by Crippen LogP contribution is 2.14. The molecular formula is C8H13F3N2O2. The van der Waals surface area contributed by atoms with Crippen LogP contribution in [0.15, 0.2) is 0 Å². The van der Waals surface area contributed by atoms with Crippen LogP contribution < -0.4 is 5.32 Å². The van der Waals surface area contributed by atoms with Crippen LogP contribution in [0.2, 0.25) is 0 Å². The Labute approximate surface area is 85.4 Å². The van der Waals surface area contributed by atoms with Crippen LogP contribution in [0.25, 0.3) is 0 Å². The number of methoxy groups -OCH3 is 1. The lowest BCUT2D eigenvalue weighted by Gasteiger charge is -2.17. The minimum atomic E-state index is -4.37. The molecule has 1 unspecified atom stereocenters. The number of ether oxygens (including phenoxy) is 1. The molecule has 1 atom stereocenters. The van der Waals surface area contributed by atoms with Crippen LogP contribution in [-0.2, 0) is 4.74 Å². The SMILES string of the molecule is COC1CCN(C(=O)NCC(F)(F)F)C1. The number of likely N-dealkylation sites (tertiary alicyclic amines) is 1. The highest BCUT2D eigenvalue weighted by atomic mass is 19.4. The number of nitrogens with one attached hydrogen (secondary N) is 1. The number of carbonyl (C=O) groups excluding carboxylic acids is 1. The van der Waals surface area contributed by atoms with Crippen molar-refractivity contribution in [1.82, 2.24) is 10.2 Å². The zero-order valence-electron chi connectivity index (χ0n) is 8.30. The molecule has 1 aliphatic heterocycles. The van der Waals surface area contributed by atoms with Crippen molar-refractivity contribution in [3.05, 3.63) is 0 Å². The first-order valence-electron chi connectivity index (χ1n) is 4.54. The van der Waals surface area contributed by atoms with E-state index in [0.29, 0.717) is 19.5 Å². The Morgan fingerprint density at radius 2 is 2.27 bits per heavy atom. The van der Waals surface area contributed by atoms with Crippen LogP contribution in [0, 0.1) is 0 Å². The summed E-state index contributed by atoms with van der Waals surface area (Å²) in [5.41, 5.74) is 0. The van der Waals surface area contributed by atoms with E-state index in [2.05, 4.69) is 0 Å². The summed E-state index contributed by atoms with van der Waals surface area (Å²) in [6.45, 7) is -0.512. The van der Waals surface area contributed by atoms with Gasteiger partial charge in [0, 0.05) is 20.2 Å². The molecule has 2 amide bonds.